The van der Waals surface area contributed by atoms with Gasteiger partial charge in [0, 0.05) is 23.4 Å². The number of methoxy groups -OCH3 is 1. The summed E-state index contributed by atoms with van der Waals surface area (Å²) < 4.78 is 4.89. The molecule has 0 bridgehead atoms. The number of carboxylic acid groups (broad SMARTS) is 1. The summed E-state index contributed by atoms with van der Waals surface area (Å²) in [4.78, 5) is 11.5. The van der Waals surface area contributed by atoms with Crippen LogP contribution < -0.4 is 5.73 Å². The van der Waals surface area contributed by atoms with E-state index >= 15 is 0 Å². The molecule has 15 heavy (non-hydrogen) atoms. The van der Waals surface area contributed by atoms with E-state index in [2.05, 4.69) is 0 Å². The normalized spacial score (nSPS) is 10.2. The van der Waals surface area contributed by atoms with Crippen molar-refractivity contribution in [2.75, 3.05) is 25.2 Å². The third-order valence-electron chi connectivity index (χ3n) is 1.81. The molecule has 4 nitrogen and oxygen atoms in total. The van der Waals surface area contributed by atoms with Crippen LogP contribution in [0.5, 0.6) is 0 Å². The molecule has 3 N–H and O–H groups in total. The van der Waals surface area contributed by atoms with Crippen LogP contribution in [-0.2, 0) is 4.74 Å². The van der Waals surface area contributed by atoms with Crippen molar-refractivity contribution in [3.8, 4) is 0 Å². The molecule has 82 valence electrons. The summed E-state index contributed by atoms with van der Waals surface area (Å²) in [6.07, 6.45) is 0. The second-order valence-electron chi connectivity index (χ2n) is 2.87. The average Bonchev–Trinajstić information content (AvgIpc) is 2.20. The SMILES string of the molecule is COCCSc1c(N)cccc1C(=O)O. The lowest BCUT2D eigenvalue weighted by Crippen LogP contribution is -2.03. The molecule has 0 spiro atoms. The van der Waals surface area contributed by atoms with Crippen molar-refractivity contribution in [2.24, 2.45) is 0 Å². The van der Waals surface area contributed by atoms with Crippen molar-refractivity contribution in [3.05, 3.63) is 23.8 Å². The Morgan fingerprint density at radius 1 is 1.60 bits per heavy atom. The highest BCUT2D eigenvalue weighted by molar-refractivity contribution is 7.99. The minimum absolute atomic E-state index is 0.246. The molecule has 0 amide bonds. The Kier molecular flexibility index (Phi) is 4.45. The topological polar surface area (TPSA) is 72.5 Å². The van der Waals surface area contributed by atoms with E-state index in [1.54, 1.807) is 25.3 Å². The van der Waals surface area contributed by atoms with Gasteiger partial charge in [0.15, 0.2) is 0 Å². The summed E-state index contributed by atoms with van der Waals surface area (Å²) in [5, 5.41) is 8.95. The summed E-state index contributed by atoms with van der Waals surface area (Å²) in [5.41, 5.74) is 6.46. The smallest absolute Gasteiger partial charge is 0.336 e. The number of nitrogen functional groups attached to an aromatic ring is 1. The minimum Gasteiger partial charge on any atom is -0.478 e. The molecule has 0 saturated heterocycles. The minimum atomic E-state index is -0.956. The Labute approximate surface area is 92.4 Å². The van der Waals surface area contributed by atoms with Crippen molar-refractivity contribution < 1.29 is 14.6 Å². The van der Waals surface area contributed by atoms with Crippen LogP contribution in [0.2, 0.25) is 0 Å². The fourth-order valence-electron chi connectivity index (χ4n) is 1.11. The molecule has 1 rings (SSSR count). The van der Waals surface area contributed by atoms with E-state index in [4.69, 9.17) is 15.6 Å². The number of hydrogen-bond donors (Lipinski definition) is 2. The average molecular weight is 227 g/mol. The fraction of sp³-hybridized carbons (Fsp3) is 0.300. The van der Waals surface area contributed by atoms with Gasteiger partial charge in [0.2, 0.25) is 0 Å². The number of anilines is 1. The lowest BCUT2D eigenvalue weighted by molar-refractivity contribution is 0.0693. The van der Waals surface area contributed by atoms with Gasteiger partial charge in [0.05, 0.1) is 12.2 Å². The molecule has 0 fully saturated rings. The molecule has 0 aliphatic carbocycles. The fourth-order valence-corrected chi connectivity index (χ4v) is 2.11. The maximum Gasteiger partial charge on any atom is 0.336 e. The summed E-state index contributed by atoms with van der Waals surface area (Å²) in [7, 11) is 1.60. The van der Waals surface area contributed by atoms with E-state index in [-0.39, 0.29) is 5.56 Å². The second kappa shape index (κ2) is 5.63. The zero-order chi connectivity index (χ0) is 11.3. The van der Waals surface area contributed by atoms with E-state index in [9.17, 15) is 4.79 Å². The van der Waals surface area contributed by atoms with E-state index in [1.807, 2.05) is 0 Å². The van der Waals surface area contributed by atoms with Gasteiger partial charge in [0.1, 0.15) is 0 Å². The number of carbonyl (C=O) groups is 1. The first kappa shape index (κ1) is 11.9. The number of benzene rings is 1. The highest BCUT2D eigenvalue weighted by Crippen LogP contribution is 2.28. The number of ether oxygens (including phenoxy) is 1. The zero-order valence-corrected chi connectivity index (χ0v) is 9.21. The van der Waals surface area contributed by atoms with Crippen molar-refractivity contribution in [3.63, 3.8) is 0 Å². The zero-order valence-electron chi connectivity index (χ0n) is 8.40. The molecular formula is C10H13NO3S. The first-order chi connectivity index (χ1) is 7.16. The number of aromatic carboxylic acids is 1. The number of thioether (sulfide) groups is 1. The summed E-state index contributed by atoms with van der Waals surface area (Å²) in [5.74, 6) is -0.271. The molecule has 5 heteroatoms. The lowest BCUT2D eigenvalue weighted by Gasteiger charge is -2.08. The van der Waals surface area contributed by atoms with Gasteiger partial charge in [0.25, 0.3) is 0 Å². The summed E-state index contributed by atoms with van der Waals surface area (Å²) in [6.45, 7) is 0.568. The molecule has 1 aromatic rings. The Morgan fingerprint density at radius 3 is 2.93 bits per heavy atom. The number of hydrogen-bond acceptors (Lipinski definition) is 4. The molecule has 0 aromatic heterocycles. The van der Waals surface area contributed by atoms with E-state index in [1.165, 1.54) is 11.8 Å². The summed E-state index contributed by atoms with van der Waals surface area (Å²) >= 11 is 1.40. The van der Waals surface area contributed by atoms with Crippen LogP contribution in [0.25, 0.3) is 0 Å². The van der Waals surface area contributed by atoms with Gasteiger partial charge in [-0.15, -0.1) is 11.8 Å². The van der Waals surface area contributed by atoms with Crippen molar-refractivity contribution in [1.29, 1.82) is 0 Å². The van der Waals surface area contributed by atoms with Crippen LogP contribution in [-0.4, -0.2) is 30.5 Å². The third-order valence-corrected chi connectivity index (χ3v) is 2.92. The van der Waals surface area contributed by atoms with Gasteiger partial charge in [-0.05, 0) is 12.1 Å². The number of carboxylic acids is 1. The largest absolute Gasteiger partial charge is 0.478 e. The van der Waals surface area contributed by atoms with Gasteiger partial charge < -0.3 is 15.6 Å². The van der Waals surface area contributed by atoms with Crippen molar-refractivity contribution in [1.82, 2.24) is 0 Å². The standard InChI is InChI=1S/C10H13NO3S/c1-14-5-6-15-9-7(10(12)13)3-2-4-8(9)11/h2-4H,5-6,11H2,1H3,(H,12,13). The van der Waals surface area contributed by atoms with Crippen LogP contribution >= 0.6 is 11.8 Å². The number of nitrogens with two attached hydrogens (primary N) is 1. The highest BCUT2D eigenvalue weighted by atomic mass is 32.2. The van der Waals surface area contributed by atoms with Gasteiger partial charge in [-0.2, -0.15) is 0 Å². The van der Waals surface area contributed by atoms with Crippen LogP contribution in [0.1, 0.15) is 10.4 Å². The van der Waals surface area contributed by atoms with Crippen LogP contribution in [0.3, 0.4) is 0 Å². The first-order valence-electron chi connectivity index (χ1n) is 4.40. The Balaban J connectivity index is 2.87. The molecule has 0 heterocycles. The van der Waals surface area contributed by atoms with Crippen LogP contribution in [0, 0.1) is 0 Å². The molecule has 0 aliphatic rings. The first-order valence-corrected chi connectivity index (χ1v) is 5.39. The molecule has 0 unspecified atom stereocenters. The van der Waals surface area contributed by atoms with Gasteiger partial charge in [-0.25, -0.2) is 4.79 Å². The molecule has 0 saturated carbocycles. The van der Waals surface area contributed by atoms with E-state index in [0.29, 0.717) is 22.9 Å². The molecular weight excluding hydrogens is 214 g/mol. The Morgan fingerprint density at radius 2 is 2.33 bits per heavy atom. The number of rotatable bonds is 5. The van der Waals surface area contributed by atoms with E-state index < -0.39 is 5.97 Å². The Bertz CT molecular complexity index is 355. The molecule has 0 aliphatic heterocycles. The highest BCUT2D eigenvalue weighted by Gasteiger charge is 2.12. The predicted molar refractivity (Wildman–Crippen MR) is 60.4 cm³/mol. The quantitative estimate of drug-likeness (QED) is 0.455. The lowest BCUT2D eigenvalue weighted by atomic mass is 10.2. The molecule has 0 radical (unpaired) electrons. The maximum absolute atomic E-state index is 10.9. The molecule has 1 aromatic carbocycles. The molecule has 0 atom stereocenters. The second-order valence-corrected chi connectivity index (χ2v) is 3.98. The van der Waals surface area contributed by atoms with Gasteiger partial charge >= 0.3 is 5.97 Å². The predicted octanol–water partition coefficient (Wildman–Crippen LogP) is 1.71. The van der Waals surface area contributed by atoms with Gasteiger partial charge in [-0.3, -0.25) is 0 Å². The Hall–Kier alpha value is -1.20. The maximum atomic E-state index is 10.9. The third kappa shape index (κ3) is 3.14. The van der Waals surface area contributed by atoms with Crippen LogP contribution in [0.15, 0.2) is 23.1 Å². The van der Waals surface area contributed by atoms with E-state index in [0.717, 1.165) is 0 Å². The van der Waals surface area contributed by atoms with Crippen molar-refractivity contribution >= 4 is 23.4 Å². The monoisotopic (exact) mass is 227 g/mol. The summed E-state index contributed by atoms with van der Waals surface area (Å²) in [6, 6.07) is 4.88. The van der Waals surface area contributed by atoms with Gasteiger partial charge in [-0.1, -0.05) is 6.07 Å². The van der Waals surface area contributed by atoms with Crippen molar-refractivity contribution in [2.45, 2.75) is 4.90 Å². The van der Waals surface area contributed by atoms with Crippen LogP contribution in [0.4, 0.5) is 5.69 Å².